The Morgan fingerprint density at radius 3 is 2.38 bits per heavy atom. The number of aromatic nitrogens is 2. The van der Waals surface area contributed by atoms with Crippen molar-refractivity contribution in [3.05, 3.63) is 52.8 Å². The zero-order valence-corrected chi connectivity index (χ0v) is 17.1. The summed E-state index contributed by atoms with van der Waals surface area (Å²) in [7, 11) is 0. The van der Waals surface area contributed by atoms with Crippen molar-refractivity contribution in [2.45, 2.75) is 51.6 Å². The topological polar surface area (TPSA) is 78.7 Å². The van der Waals surface area contributed by atoms with Crippen LogP contribution >= 0.6 is 0 Å². The molecular weight excluding hydrogens is 368 g/mol. The van der Waals surface area contributed by atoms with E-state index < -0.39 is 5.97 Å². The Labute approximate surface area is 170 Å². The highest BCUT2D eigenvalue weighted by Gasteiger charge is 2.43. The van der Waals surface area contributed by atoms with Crippen molar-refractivity contribution in [2.24, 2.45) is 0 Å². The quantitative estimate of drug-likeness (QED) is 0.861. The van der Waals surface area contributed by atoms with Gasteiger partial charge in [-0.05, 0) is 57.7 Å². The number of carbonyl (C=O) groups excluding carboxylic acids is 1. The van der Waals surface area contributed by atoms with Gasteiger partial charge in [0.15, 0.2) is 5.69 Å². The molecule has 2 fully saturated rings. The molecule has 3 heterocycles. The minimum absolute atomic E-state index is 0.109. The Morgan fingerprint density at radius 2 is 1.76 bits per heavy atom. The Kier molecular flexibility index (Phi) is 5.17. The number of carboxylic acid groups (broad SMARTS) is 1. The molecule has 1 N–H and O–H groups in total. The third kappa shape index (κ3) is 3.92. The van der Waals surface area contributed by atoms with Crippen molar-refractivity contribution >= 4 is 12.0 Å². The molecule has 0 saturated carbocycles. The minimum atomic E-state index is -1.12. The highest BCUT2D eigenvalue weighted by Crippen LogP contribution is 2.39. The third-order valence-electron chi connectivity index (χ3n) is 6.36. The van der Waals surface area contributed by atoms with Gasteiger partial charge in [0, 0.05) is 31.4 Å². The van der Waals surface area contributed by atoms with E-state index in [1.807, 2.05) is 0 Å². The maximum atomic E-state index is 12.7. The second-order valence-corrected chi connectivity index (χ2v) is 8.47. The normalized spacial score (nSPS) is 19.0. The van der Waals surface area contributed by atoms with Crippen molar-refractivity contribution < 1.29 is 14.7 Å². The molecule has 0 unspecified atom stereocenters. The molecule has 0 radical (unpaired) electrons. The van der Waals surface area contributed by atoms with Crippen LogP contribution < -0.4 is 0 Å². The van der Waals surface area contributed by atoms with E-state index in [-0.39, 0.29) is 17.3 Å². The highest BCUT2D eigenvalue weighted by molar-refractivity contribution is 5.86. The van der Waals surface area contributed by atoms with Gasteiger partial charge in [-0.15, -0.1) is 0 Å². The summed E-state index contributed by atoms with van der Waals surface area (Å²) in [6, 6.07) is 7.86. The number of amides is 1. The van der Waals surface area contributed by atoms with Crippen molar-refractivity contribution in [1.82, 2.24) is 19.6 Å². The Morgan fingerprint density at radius 1 is 1.07 bits per heavy atom. The van der Waals surface area contributed by atoms with Gasteiger partial charge in [0.25, 0.3) is 0 Å². The van der Waals surface area contributed by atoms with Gasteiger partial charge in [0.05, 0.1) is 0 Å². The second-order valence-electron chi connectivity index (χ2n) is 8.47. The van der Waals surface area contributed by atoms with Gasteiger partial charge >= 0.3 is 12.0 Å². The molecular formula is C22H28N4O3. The van der Waals surface area contributed by atoms with E-state index in [1.165, 1.54) is 41.8 Å². The van der Waals surface area contributed by atoms with Gasteiger partial charge in [-0.1, -0.05) is 29.3 Å². The first kappa shape index (κ1) is 19.6. The molecule has 0 aliphatic carbocycles. The summed E-state index contributed by atoms with van der Waals surface area (Å²) in [5.74, 6) is -1.12. The van der Waals surface area contributed by atoms with E-state index in [1.54, 1.807) is 4.90 Å². The van der Waals surface area contributed by atoms with Crippen LogP contribution in [0.2, 0.25) is 0 Å². The van der Waals surface area contributed by atoms with Gasteiger partial charge in [-0.3, -0.25) is 4.90 Å². The standard InChI is InChI=1S/C22H28N4O3/c1-16-12-17(2)14-18(13-16)15-25-8-3-5-22(25)6-10-24(11-7-22)21(29)26-9-4-19(23-26)20(27)28/h4,9,12-14H,3,5-8,10-11,15H2,1-2H3,(H,27,28). The van der Waals surface area contributed by atoms with Crippen molar-refractivity contribution in [1.29, 1.82) is 0 Å². The van der Waals surface area contributed by atoms with Gasteiger partial charge in [-0.25, -0.2) is 9.59 Å². The summed E-state index contributed by atoms with van der Waals surface area (Å²) >= 11 is 0. The first-order valence-corrected chi connectivity index (χ1v) is 10.3. The number of aromatic carboxylic acids is 1. The Balaban J connectivity index is 1.42. The van der Waals surface area contributed by atoms with E-state index in [0.29, 0.717) is 13.1 Å². The first-order valence-electron chi connectivity index (χ1n) is 10.3. The predicted molar refractivity (Wildman–Crippen MR) is 109 cm³/mol. The number of likely N-dealkylation sites (tertiary alicyclic amines) is 2. The number of rotatable bonds is 3. The maximum Gasteiger partial charge on any atom is 0.356 e. The van der Waals surface area contributed by atoms with Crippen LogP contribution in [0.25, 0.3) is 0 Å². The van der Waals surface area contributed by atoms with E-state index in [4.69, 9.17) is 5.11 Å². The maximum absolute atomic E-state index is 12.7. The summed E-state index contributed by atoms with van der Waals surface area (Å²) in [5.41, 5.74) is 4.01. The number of benzene rings is 1. The average Bonchev–Trinajstić information content (AvgIpc) is 3.30. The summed E-state index contributed by atoms with van der Waals surface area (Å²) < 4.78 is 1.14. The van der Waals surface area contributed by atoms with Crippen molar-refractivity contribution in [3.63, 3.8) is 0 Å². The highest BCUT2D eigenvalue weighted by atomic mass is 16.4. The molecule has 7 nitrogen and oxygen atoms in total. The third-order valence-corrected chi connectivity index (χ3v) is 6.36. The average molecular weight is 396 g/mol. The molecule has 29 heavy (non-hydrogen) atoms. The molecule has 0 atom stereocenters. The SMILES string of the molecule is Cc1cc(C)cc(CN2CCCC23CCN(C(=O)n2ccc(C(=O)O)n2)CC3)c1. The fraction of sp³-hybridized carbons (Fsp3) is 0.500. The minimum Gasteiger partial charge on any atom is -0.476 e. The molecule has 2 aliphatic rings. The predicted octanol–water partition coefficient (Wildman–Crippen LogP) is 3.30. The van der Waals surface area contributed by atoms with Crippen LogP contribution in [0.1, 0.15) is 52.9 Å². The summed E-state index contributed by atoms with van der Waals surface area (Å²) in [4.78, 5) is 28.1. The molecule has 154 valence electrons. The number of aryl methyl sites for hydroxylation is 2. The van der Waals surface area contributed by atoms with Crippen LogP contribution in [0.4, 0.5) is 4.79 Å². The number of hydrogen-bond donors (Lipinski definition) is 1. The van der Waals surface area contributed by atoms with Crippen molar-refractivity contribution in [2.75, 3.05) is 19.6 Å². The molecule has 0 bridgehead atoms. The Hall–Kier alpha value is -2.67. The van der Waals surface area contributed by atoms with E-state index >= 15 is 0 Å². The summed E-state index contributed by atoms with van der Waals surface area (Å²) in [5, 5.41) is 12.9. The van der Waals surface area contributed by atoms with Gasteiger partial charge < -0.3 is 10.0 Å². The molecule has 1 aromatic heterocycles. The second kappa shape index (κ2) is 7.63. The molecule has 1 aromatic carbocycles. The molecule has 2 saturated heterocycles. The number of piperidine rings is 1. The largest absolute Gasteiger partial charge is 0.476 e. The summed E-state index contributed by atoms with van der Waals surface area (Å²) in [6.07, 6.45) is 5.68. The fourth-order valence-corrected chi connectivity index (χ4v) is 4.99. The monoisotopic (exact) mass is 396 g/mol. The number of carboxylic acids is 1. The van der Waals surface area contributed by atoms with E-state index in [0.717, 1.165) is 30.6 Å². The molecule has 1 spiro atoms. The lowest BCUT2D eigenvalue weighted by molar-refractivity contribution is 0.0584. The lowest BCUT2D eigenvalue weighted by Gasteiger charge is -2.45. The van der Waals surface area contributed by atoms with E-state index in [9.17, 15) is 9.59 Å². The van der Waals surface area contributed by atoms with Crippen LogP contribution in [0.5, 0.6) is 0 Å². The van der Waals surface area contributed by atoms with Crippen molar-refractivity contribution in [3.8, 4) is 0 Å². The lowest BCUT2D eigenvalue weighted by atomic mass is 9.84. The molecule has 2 aliphatic heterocycles. The smallest absolute Gasteiger partial charge is 0.356 e. The zero-order chi connectivity index (χ0) is 20.6. The molecule has 7 heteroatoms. The van der Waals surface area contributed by atoms with Gasteiger partial charge in [0.2, 0.25) is 0 Å². The van der Waals surface area contributed by atoms with Gasteiger partial charge in [-0.2, -0.15) is 9.78 Å². The lowest BCUT2D eigenvalue weighted by Crippen LogP contribution is -2.53. The Bertz CT molecular complexity index is 908. The molecule has 2 aromatic rings. The number of carbonyl (C=O) groups is 2. The van der Waals surface area contributed by atoms with Crippen LogP contribution in [-0.4, -0.2) is 61.9 Å². The first-order chi connectivity index (χ1) is 13.9. The summed E-state index contributed by atoms with van der Waals surface area (Å²) in [6.45, 7) is 7.69. The zero-order valence-electron chi connectivity index (χ0n) is 17.1. The van der Waals surface area contributed by atoms with Crippen LogP contribution in [0, 0.1) is 13.8 Å². The van der Waals surface area contributed by atoms with E-state index in [2.05, 4.69) is 42.0 Å². The van der Waals surface area contributed by atoms with Crippen LogP contribution in [0.3, 0.4) is 0 Å². The van der Waals surface area contributed by atoms with Crippen LogP contribution in [-0.2, 0) is 6.54 Å². The van der Waals surface area contributed by atoms with Crippen LogP contribution in [0.15, 0.2) is 30.5 Å². The number of nitrogens with zero attached hydrogens (tertiary/aromatic N) is 4. The molecule has 1 amide bonds. The number of hydrogen-bond acceptors (Lipinski definition) is 4. The fourth-order valence-electron chi connectivity index (χ4n) is 4.99. The molecule has 4 rings (SSSR count). The van der Waals surface area contributed by atoms with Gasteiger partial charge in [0.1, 0.15) is 0 Å².